The Kier molecular flexibility index (Phi) is 14.5. The summed E-state index contributed by atoms with van der Waals surface area (Å²) in [6.45, 7) is 0.600. The molecule has 9 heteroatoms. The molecule has 0 radical (unpaired) electrons. The first-order valence-corrected chi connectivity index (χ1v) is 18.1. The van der Waals surface area contributed by atoms with E-state index in [1.165, 1.54) is 20.3 Å². The molecular weight excluding hydrogens is 643 g/mol. The minimum absolute atomic E-state index is 0.0368. The van der Waals surface area contributed by atoms with E-state index in [4.69, 9.17) is 14.6 Å². The maximum atomic E-state index is 13.6. The molecule has 2 N–H and O–H groups in total. The van der Waals surface area contributed by atoms with Crippen LogP contribution < -0.4 is 9.47 Å². The van der Waals surface area contributed by atoms with Crippen molar-refractivity contribution < 1.29 is 28.1 Å². The molecule has 0 aliphatic carbocycles. The molecule has 0 aliphatic rings. The topological polar surface area (TPSA) is 96.3 Å². The van der Waals surface area contributed by atoms with Crippen molar-refractivity contribution in [2.45, 2.75) is 41.5 Å². The zero-order valence-electron chi connectivity index (χ0n) is 27.4. The second-order valence-electron chi connectivity index (χ2n) is 11.0. The van der Waals surface area contributed by atoms with E-state index in [-0.39, 0.29) is 31.2 Å². The molecule has 0 bridgehead atoms. The van der Waals surface area contributed by atoms with Gasteiger partial charge in [-0.2, -0.15) is 4.31 Å². The molecule has 0 aliphatic heterocycles. The first kappa shape index (κ1) is 36.7. The van der Waals surface area contributed by atoms with Crippen molar-refractivity contribution in [2.24, 2.45) is 0 Å². The van der Waals surface area contributed by atoms with E-state index in [0.29, 0.717) is 17.9 Å². The monoisotopic (exact) mass is 685 g/mol. The normalized spacial score (nSPS) is 11.1. The Bertz CT molecular complexity index is 1730. The lowest BCUT2D eigenvalue weighted by Gasteiger charge is -2.23. The smallest absolute Gasteiger partial charge is 0.243 e. The molecule has 0 amide bonds. The molecule has 5 aromatic carbocycles. The predicted octanol–water partition coefficient (Wildman–Crippen LogP) is 7.14. The fourth-order valence-corrected chi connectivity index (χ4v) is 7.32. The number of nitrogens with zero attached hydrogens (tertiary/aromatic N) is 1. The maximum Gasteiger partial charge on any atom is 0.243 e. The number of aliphatic hydroxyl groups is 2. The van der Waals surface area contributed by atoms with Gasteiger partial charge in [0.05, 0.1) is 19.1 Å². The number of benzene rings is 5. The van der Waals surface area contributed by atoms with Gasteiger partial charge in [-0.05, 0) is 89.2 Å². The van der Waals surface area contributed by atoms with Crippen LogP contribution in [-0.2, 0) is 41.7 Å². The number of hydrogen-bond donors (Lipinski definition) is 2. The largest absolute Gasteiger partial charge is 0.497 e. The van der Waals surface area contributed by atoms with Crippen LogP contribution >= 0.6 is 11.8 Å². The highest BCUT2D eigenvalue weighted by Gasteiger charge is 2.25. The minimum atomic E-state index is -3.78. The summed E-state index contributed by atoms with van der Waals surface area (Å²) in [4.78, 5) is 1.47. The first-order valence-electron chi connectivity index (χ1n) is 15.7. The van der Waals surface area contributed by atoms with Crippen molar-refractivity contribution in [2.75, 3.05) is 27.4 Å². The highest BCUT2D eigenvalue weighted by molar-refractivity contribution is 7.98. The molecule has 0 spiro atoms. The van der Waals surface area contributed by atoms with Gasteiger partial charge in [-0.25, -0.2) is 8.42 Å². The molecule has 5 aromatic rings. The lowest BCUT2D eigenvalue weighted by Crippen LogP contribution is -2.30. The Morgan fingerprint density at radius 2 is 1.08 bits per heavy atom. The van der Waals surface area contributed by atoms with Crippen molar-refractivity contribution in [1.82, 2.24) is 4.31 Å². The van der Waals surface area contributed by atoms with Gasteiger partial charge in [0, 0.05) is 37.0 Å². The summed E-state index contributed by atoms with van der Waals surface area (Å²) in [5, 5.41) is 18.1. The van der Waals surface area contributed by atoms with Crippen LogP contribution in [0.4, 0.5) is 0 Å². The summed E-state index contributed by atoms with van der Waals surface area (Å²) in [5.41, 5.74) is 5.02. The Morgan fingerprint density at radius 1 is 0.583 bits per heavy atom. The Hall–Kier alpha value is -4.12. The summed E-state index contributed by atoms with van der Waals surface area (Å²) in [7, 11) is -0.596. The maximum absolute atomic E-state index is 13.6. The number of ether oxygens (including phenoxy) is 2. The number of sulfonamides is 1. The second-order valence-corrected chi connectivity index (χ2v) is 14.0. The molecular formula is C39H43NO6S2. The fraction of sp³-hybridized carbons (Fsp3) is 0.231. The molecule has 0 fully saturated rings. The van der Waals surface area contributed by atoms with Gasteiger partial charge >= 0.3 is 0 Å². The molecule has 0 unspecified atom stereocenters. The summed E-state index contributed by atoms with van der Waals surface area (Å²) in [6, 6.07) is 40.3. The third kappa shape index (κ3) is 11.2. The summed E-state index contributed by atoms with van der Waals surface area (Å²) in [6.07, 6.45) is 1.14. The summed E-state index contributed by atoms with van der Waals surface area (Å²) < 4.78 is 39.0. The molecule has 0 heterocycles. The molecule has 48 heavy (non-hydrogen) atoms. The SMILES string of the molecule is COc1ccc(CN(Cc2ccc(OC)cc2)S(=O)(=O)c2cccc(CCO)c2)cc1.OCCc1cccc(SCc2ccccc2)c1. The quantitative estimate of drug-likeness (QED) is 0.113. The highest BCUT2D eigenvalue weighted by atomic mass is 32.2. The van der Waals surface area contributed by atoms with Gasteiger partial charge in [-0.3, -0.25) is 0 Å². The third-order valence-corrected chi connectivity index (χ3v) is 10.4. The molecule has 7 nitrogen and oxygen atoms in total. The molecule has 252 valence electrons. The van der Waals surface area contributed by atoms with Gasteiger partial charge in [-0.1, -0.05) is 78.9 Å². The van der Waals surface area contributed by atoms with E-state index in [1.54, 1.807) is 32.4 Å². The van der Waals surface area contributed by atoms with Crippen LogP contribution in [0.3, 0.4) is 0 Å². The van der Waals surface area contributed by atoms with E-state index in [1.807, 2.05) is 72.4 Å². The summed E-state index contributed by atoms with van der Waals surface area (Å²) in [5.74, 6) is 2.42. The van der Waals surface area contributed by atoms with Crippen LogP contribution in [-0.4, -0.2) is 50.4 Å². The molecule has 0 saturated carbocycles. The second kappa shape index (κ2) is 19.0. The average molecular weight is 686 g/mol. The van der Waals surface area contributed by atoms with Gasteiger partial charge in [-0.15, -0.1) is 11.8 Å². The molecule has 5 rings (SSSR count). The van der Waals surface area contributed by atoms with E-state index >= 15 is 0 Å². The number of thioether (sulfide) groups is 1. The predicted molar refractivity (Wildman–Crippen MR) is 193 cm³/mol. The van der Waals surface area contributed by atoms with Gasteiger partial charge < -0.3 is 19.7 Å². The standard InChI is InChI=1S/C24H27NO5S.C15H16OS/c1-29-22-10-6-20(7-11-22)17-25(18-21-8-12-23(30-2)13-9-21)31(27,28)24-5-3-4-19(16-24)14-15-26;16-10-9-13-7-4-8-15(11-13)17-12-14-5-2-1-3-6-14/h3-13,16,26H,14-15,17-18H2,1-2H3;1-8,11,16H,9-10,12H2. The number of aliphatic hydroxyl groups excluding tert-OH is 2. The fourth-order valence-electron chi connectivity index (χ4n) is 4.90. The van der Waals surface area contributed by atoms with E-state index in [2.05, 4.69) is 48.5 Å². The Morgan fingerprint density at radius 3 is 1.60 bits per heavy atom. The molecule has 0 aromatic heterocycles. The summed E-state index contributed by atoms with van der Waals surface area (Å²) >= 11 is 1.83. The van der Waals surface area contributed by atoms with Crippen molar-refractivity contribution in [3.63, 3.8) is 0 Å². The van der Waals surface area contributed by atoms with Crippen molar-refractivity contribution in [3.05, 3.63) is 155 Å². The van der Waals surface area contributed by atoms with Crippen LogP contribution in [0.1, 0.15) is 27.8 Å². The van der Waals surface area contributed by atoms with Gasteiger partial charge in [0.25, 0.3) is 0 Å². The van der Waals surface area contributed by atoms with E-state index in [0.717, 1.165) is 28.9 Å². The van der Waals surface area contributed by atoms with Gasteiger partial charge in [0.1, 0.15) is 11.5 Å². The number of hydrogen-bond acceptors (Lipinski definition) is 7. The van der Waals surface area contributed by atoms with Gasteiger partial charge in [0.15, 0.2) is 0 Å². The average Bonchev–Trinajstić information content (AvgIpc) is 3.12. The molecule has 0 saturated heterocycles. The van der Waals surface area contributed by atoms with Crippen LogP contribution in [0.5, 0.6) is 11.5 Å². The zero-order chi connectivity index (χ0) is 34.2. The van der Waals surface area contributed by atoms with Gasteiger partial charge in [0.2, 0.25) is 10.0 Å². The van der Waals surface area contributed by atoms with Crippen LogP contribution in [0.25, 0.3) is 0 Å². The van der Waals surface area contributed by atoms with E-state index < -0.39 is 10.0 Å². The van der Waals surface area contributed by atoms with Crippen molar-refractivity contribution in [3.8, 4) is 11.5 Å². The van der Waals surface area contributed by atoms with Crippen molar-refractivity contribution in [1.29, 1.82) is 0 Å². The van der Waals surface area contributed by atoms with Crippen LogP contribution in [0.2, 0.25) is 0 Å². The number of methoxy groups -OCH3 is 2. The molecule has 0 atom stereocenters. The lowest BCUT2D eigenvalue weighted by atomic mass is 10.2. The Balaban J connectivity index is 0.000000257. The first-order chi connectivity index (χ1) is 23.3. The Labute approximate surface area is 288 Å². The third-order valence-electron chi connectivity index (χ3n) is 7.52. The minimum Gasteiger partial charge on any atom is -0.497 e. The highest BCUT2D eigenvalue weighted by Crippen LogP contribution is 2.25. The zero-order valence-corrected chi connectivity index (χ0v) is 29.0. The number of rotatable bonds is 15. The van der Waals surface area contributed by atoms with Crippen LogP contribution in [0.15, 0.2) is 137 Å². The van der Waals surface area contributed by atoms with Crippen molar-refractivity contribution >= 4 is 21.8 Å². The lowest BCUT2D eigenvalue weighted by molar-refractivity contribution is 0.299. The van der Waals surface area contributed by atoms with E-state index in [9.17, 15) is 13.5 Å². The van der Waals surface area contributed by atoms with Crippen LogP contribution in [0, 0.1) is 0 Å².